The number of nitrogens with zero attached hydrogens (tertiary/aromatic N) is 1. The van der Waals surface area contributed by atoms with Gasteiger partial charge in [-0.2, -0.15) is 0 Å². The molecule has 0 aliphatic rings. The molecule has 1 aromatic rings. The van der Waals surface area contributed by atoms with Crippen molar-refractivity contribution >= 4 is 11.6 Å². The standard InChI is InChI=1S/C13H21N3O2/c1-3-15-12-6-8-14-10-11(12)13(17)16-7-4-5-9-18-2/h6,8,10H,3-5,7,9H2,1-2H3,(H,14,15)(H,16,17). The third-order valence-corrected chi connectivity index (χ3v) is 2.49. The maximum Gasteiger partial charge on any atom is 0.254 e. The third kappa shape index (κ3) is 4.71. The van der Waals surface area contributed by atoms with E-state index in [0.29, 0.717) is 12.1 Å². The van der Waals surface area contributed by atoms with Crippen LogP contribution in [0.5, 0.6) is 0 Å². The topological polar surface area (TPSA) is 63.2 Å². The maximum absolute atomic E-state index is 12.0. The zero-order valence-corrected chi connectivity index (χ0v) is 11.0. The van der Waals surface area contributed by atoms with E-state index < -0.39 is 0 Å². The molecule has 0 aliphatic heterocycles. The lowest BCUT2D eigenvalue weighted by Gasteiger charge is -2.10. The van der Waals surface area contributed by atoms with Crippen molar-refractivity contribution in [2.75, 3.05) is 32.1 Å². The van der Waals surface area contributed by atoms with E-state index >= 15 is 0 Å². The monoisotopic (exact) mass is 251 g/mol. The van der Waals surface area contributed by atoms with Crippen LogP contribution in [0.1, 0.15) is 30.1 Å². The van der Waals surface area contributed by atoms with Crippen LogP contribution in [0.2, 0.25) is 0 Å². The van der Waals surface area contributed by atoms with E-state index in [1.807, 2.05) is 13.0 Å². The van der Waals surface area contributed by atoms with Crippen LogP contribution in [0.15, 0.2) is 18.5 Å². The zero-order valence-electron chi connectivity index (χ0n) is 11.0. The molecule has 1 rings (SSSR count). The Morgan fingerprint density at radius 3 is 3.00 bits per heavy atom. The van der Waals surface area contributed by atoms with Crippen LogP contribution in [0, 0.1) is 0 Å². The molecule has 0 atom stereocenters. The van der Waals surface area contributed by atoms with Gasteiger partial charge < -0.3 is 15.4 Å². The predicted molar refractivity (Wildman–Crippen MR) is 71.8 cm³/mol. The molecule has 18 heavy (non-hydrogen) atoms. The number of aromatic nitrogens is 1. The van der Waals surface area contributed by atoms with Crippen molar-refractivity contribution in [2.24, 2.45) is 0 Å². The van der Waals surface area contributed by atoms with Gasteiger partial charge in [0.2, 0.25) is 0 Å². The maximum atomic E-state index is 12.0. The van der Waals surface area contributed by atoms with E-state index in [9.17, 15) is 4.79 Å². The summed E-state index contributed by atoms with van der Waals surface area (Å²) in [4.78, 5) is 15.9. The molecular weight excluding hydrogens is 230 g/mol. The molecule has 100 valence electrons. The minimum atomic E-state index is -0.0866. The van der Waals surface area contributed by atoms with Gasteiger partial charge in [0.15, 0.2) is 0 Å². The molecule has 5 nitrogen and oxygen atoms in total. The van der Waals surface area contributed by atoms with Crippen molar-refractivity contribution in [2.45, 2.75) is 19.8 Å². The molecule has 0 aromatic carbocycles. The van der Waals surface area contributed by atoms with Gasteiger partial charge in [0.05, 0.1) is 11.3 Å². The second-order valence-corrected chi connectivity index (χ2v) is 3.91. The summed E-state index contributed by atoms with van der Waals surface area (Å²) in [6.07, 6.45) is 5.12. The van der Waals surface area contributed by atoms with E-state index in [4.69, 9.17) is 4.74 Å². The summed E-state index contributed by atoms with van der Waals surface area (Å²) >= 11 is 0. The number of anilines is 1. The minimum Gasteiger partial charge on any atom is -0.385 e. The predicted octanol–water partition coefficient (Wildman–Crippen LogP) is 1.67. The van der Waals surface area contributed by atoms with Gasteiger partial charge in [-0.25, -0.2) is 0 Å². The number of carbonyl (C=O) groups is 1. The van der Waals surface area contributed by atoms with E-state index in [1.54, 1.807) is 19.5 Å². The number of methoxy groups -OCH3 is 1. The first-order valence-corrected chi connectivity index (χ1v) is 6.24. The quantitative estimate of drug-likeness (QED) is 0.690. The summed E-state index contributed by atoms with van der Waals surface area (Å²) in [6.45, 7) is 4.15. The molecule has 1 heterocycles. The van der Waals surface area contributed by atoms with Gasteiger partial charge >= 0.3 is 0 Å². The number of ether oxygens (including phenoxy) is 1. The highest BCUT2D eigenvalue weighted by Crippen LogP contribution is 2.12. The summed E-state index contributed by atoms with van der Waals surface area (Å²) in [5.74, 6) is -0.0866. The average molecular weight is 251 g/mol. The second-order valence-electron chi connectivity index (χ2n) is 3.91. The SMILES string of the molecule is CCNc1ccncc1C(=O)NCCCCOC. The van der Waals surface area contributed by atoms with Gasteiger partial charge in [0, 0.05) is 39.2 Å². The van der Waals surface area contributed by atoms with Crippen LogP contribution in [0.25, 0.3) is 0 Å². The lowest BCUT2D eigenvalue weighted by molar-refractivity contribution is 0.0952. The lowest BCUT2D eigenvalue weighted by atomic mass is 10.2. The highest BCUT2D eigenvalue weighted by atomic mass is 16.5. The number of hydrogen-bond acceptors (Lipinski definition) is 4. The number of unbranched alkanes of at least 4 members (excludes halogenated alkanes) is 1. The van der Waals surface area contributed by atoms with Crippen LogP contribution in [0.3, 0.4) is 0 Å². The molecule has 0 fully saturated rings. The molecule has 1 amide bonds. The Kier molecular flexibility index (Phi) is 6.79. The number of nitrogens with one attached hydrogen (secondary N) is 2. The molecule has 0 radical (unpaired) electrons. The fourth-order valence-electron chi connectivity index (χ4n) is 1.59. The van der Waals surface area contributed by atoms with Crippen LogP contribution >= 0.6 is 0 Å². The largest absolute Gasteiger partial charge is 0.385 e. The Balaban J connectivity index is 2.45. The molecule has 0 saturated heterocycles. The molecule has 0 aliphatic carbocycles. The van der Waals surface area contributed by atoms with E-state index in [0.717, 1.165) is 31.7 Å². The van der Waals surface area contributed by atoms with E-state index in [1.165, 1.54) is 0 Å². The van der Waals surface area contributed by atoms with Gasteiger partial charge in [-0.15, -0.1) is 0 Å². The van der Waals surface area contributed by atoms with Crippen LogP contribution < -0.4 is 10.6 Å². The zero-order chi connectivity index (χ0) is 13.2. The van der Waals surface area contributed by atoms with Gasteiger partial charge in [-0.05, 0) is 25.8 Å². The normalized spacial score (nSPS) is 10.1. The first-order chi connectivity index (χ1) is 8.79. The first kappa shape index (κ1) is 14.4. The number of rotatable bonds is 8. The third-order valence-electron chi connectivity index (χ3n) is 2.49. The van der Waals surface area contributed by atoms with Crippen molar-refractivity contribution in [3.05, 3.63) is 24.0 Å². The summed E-state index contributed by atoms with van der Waals surface area (Å²) in [5.41, 5.74) is 1.41. The average Bonchev–Trinajstić information content (AvgIpc) is 2.39. The van der Waals surface area contributed by atoms with Crippen LogP contribution in [-0.4, -0.2) is 37.7 Å². The molecule has 2 N–H and O–H groups in total. The van der Waals surface area contributed by atoms with Crippen molar-refractivity contribution < 1.29 is 9.53 Å². The molecule has 0 unspecified atom stereocenters. The Labute approximate surface area is 108 Å². The van der Waals surface area contributed by atoms with E-state index in [-0.39, 0.29) is 5.91 Å². The lowest BCUT2D eigenvalue weighted by Crippen LogP contribution is -2.25. The van der Waals surface area contributed by atoms with Gasteiger partial charge in [0.25, 0.3) is 5.91 Å². The first-order valence-electron chi connectivity index (χ1n) is 6.24. The number of amides is 1. The van der Waals surface area contributed by atoms with Crippen molar-refractivity contribution in [3.63, 3.8) is 0 Å². The number of hydrogen-bond donors (Lipinski definition) is 2. The van der Waals surface area contributed by atoms with Gasteiger partial charge in [0.1, 0.15) is 0 Å². The highest BCUT2D eigenvalue weighted by Gasteiger charge is 2.09. The fraction of sp³-hybridized carbons (Fsp3) is 0.538. The number of pyridine rings is 1. The van der Waals surface area contributed by atoms with Gasteiger partial charge in [-0.3, -0.25) is 9.78 Å². The summed E-state index contributed by atoms with van der Waals surface area (Å²) in [5, 5.41) is 6.03. The molecule has 0 bridgehead atoms. The van der Waals surface area contributed by atoms with Crippen LogP contribution in [-0.2, 0) is 4.74 Å². The Bertz CT molecular complexity index is 369. The molecule has 0 saturated carbocycles. The van der Waals surface area contributed by atoms with Gasteiger partial charge in [-0.1, -0.05) is 0 Å². The molecule has 1 aromatic heterocycles. The minimum absolute atomic E-state index is 0.0866. The number of carbonyl (C=O) groups excluding carboxylic acids is 1. The Morgan fingerprint density at radius 2 is 2.28 bits per heavy atom. The smallest absolute Gasteiger partial charge is 0.254 e. The highest BCUT2D eigenvalue weighted by molar-refractivity contribution is 5.99. The van der Waals surface area contributed by atoms with E-state index in [2.05, 4.69) is 15.6 Å². The van der Waals surface area contributed by atoms with Crippen LogP contribution in [0.4, 0.5) is 5.69 Å². The van der Waals surface area contributed by atoms with Crippen molar-refractivity contribution in [1.29, 1.82) is 0 Å². The molecule has 0 spiro atoms. The van der Waals surface area contributed by atoms with Crippen molar-refractivity contribution in [3.8, 4) is 0 Å². The Hall–Kier alpha value is -1.62. The summed E-state index contributed by atoms with van der Waals surface area (Å²) in [6, 6.07) is 1.81. The van der Waals surface area contributed by atoms with Crippen molar-refractivity contribution in [1.82, 2.24) is 10.3 Å². The molecular formula is C13H21N3O2. The summed E-state index contributed by atoms with van der Waals surface area (Å²) in [7, 11) is 1.68. The molecule has 5 heteroatoms. The fourth-order valence-corrected chi connectivity index (χ4v) is 1.59. The summed E-state index contributed by atoms with van der Waals surface area (Å²) < 4.78 is 4.95. The Morgan fingerprint density at radius 1 is 1.44 bits per heavy atom. The second kappa shape index (κ2) is 8.47.